The van der Waals surface area contributed by atoms with Crippen molar-refractivity contribution in [2.75, 3.05) is 27.4 Å². The summed E-state index contributed by atoms with van der Waals surface area (Å²) in [6, 6.07) is 0. The summed E-state index contributed by atoms with van der Waals surface area (Å²) in [7, 11) is 5.69. The molecule has 3 rings (SSSR count). The number of rotatable bonds is 3. The van der Waals surface area contributed by atoms with E-state index in [1.807, 2.05) is 0 Å². The third-order valence-electron chi connectivity index (χ3n) is 4.12. The third kappa shape index (κ3) is 0.769. The molecule has 1 N–H and O–H groups in total. The van der Waals surface area contributed by atoms with Crippen LogP contribution in [-0.2, 0) is 14.2 Å². The Balaban J connectivity index is 1.89. The van der Waals surface area contributed by atoms with Crippen molar-refractivity contribution in [1.29, 1.82) is 0 Å². The third-order valence-corrected chi connectivity index (χ3v) is 4.12. The second-order valence-corrected chi connectivity index (χ2v) is 4.72. The second-order valence-electron chi connectivity index (χ2n) is 4.72. The van der Waals surface area contributed by atoms with Gasteiger partial charge in [-0.15, -0.1) is 0 Å². The molecule has 0 aromatic heterocycles. The van der Waals surface area contributed by atoms with Gasteiger partial charge in [0.15, 0.2) is 0 Å². The maximum absolute atomic E-state index is 6.12. The Morgan fingerprint density at radius 1 is 1.57 bits per heavy atom. The van der Waals surface area contributed by atoms with E-state index in [-0.39, 0.29) is 17.4 Å². The standard InChI is InChI=1S/C9H16BNO3/c1-12-4-8-3-11-9(14-8)5(6(9)10)7(8)13-2/h5-7,11H,3-4,10H2,1-2H3/t5?,6-,7?,8-,9?/m0/s1. The van der Waals surface area contributed by atoms with Gasteiger partial charge in [0, 0.05) is 26.7 Å². The van der Waals surface area contributed by atoms with E-state index in [1.165, 1.54) is 0 Å². The first-order valence-electron chi connectivity index (χ1n) is 5.17. The normalized spacial score (nSPS) is 58.9. The van der Waals surface area contributed by atoms with Crippen LogP contribution in [0.1, 0.15) is 0 Å². The van der Waals surface area contributed by atoms with Crippen molar-refractivity contribution in [2.45, 2.75) is 23.2 Å². The molecule has 5 atom stereocenters. The van der Waals surface area contributed by atoms with E-state index in [2.05, 4.69) is 13.2 Å². The lowest BCUT2D eigenvalue weighted by molar-refractivity contribution is -0.117. The highest BCUT2D eigenvalue weighted by Gasteiger charge is 2.81. The molecule has 1 spiro atoms. The van der Waals surface area contributed by atoms with Gasteiger partial charge >= 0.3 is 0 Å². The first kappa shape index (κ1) is 9.15. The van der Waals surface area contributed by atoms with Gasteiger partial charge in [-0.3, -0.25) is 5.32 Å². The molecule has 3 unspecified atom stereocenters. The maximum atomic E-state index is 6.12. The number of ether oxygens (including phenoxy) is 3. The van der Waals surface area contributed by atoms with Crippen LogP contribution < -0.4 is 5.32 Å². The Morgan fingerprint density at radius 2 is 2.36 bits per heavy atom. The van der Waals surface area contributed by atoms with E-state index in [0.29, 0.717) is 18.3 Å². The molecule has 0 aromatic rings. The van der Waals surface area contributed by atoms with Crippen molar-refractivity contribution in [3.8, 4) is 0 Å². The molecule has 14 heavy (non-hydrogen) atoms. The molecule has 1 saturated carbocycles. The van der Waals surface area contributed by atoms with Gasteiger partial charge in [0.2, 0.25) is 0 Å². The van der Waals surface area contributed by atoms with Crippen LogP contribution in [0, 0.1) is 5.92 Å². The SMILES string of the molecule is B[C@H]1C2C(OC)[C@@]3(COC)CNC21O3. The summed E-state index contributed by atoms with van der Waals surface area (Å²) in [6.07, 6.45) is 0.193. The van der Waals surface area contributed by atoms with Crippen LogP contribution in [0.3, 0.4) is 0 Å². The van der Waals surface area contributed by atoms with Crippen LogP contribution in [0.4, 0.5) is 0 Å². The average Bonchev–Trinajstić information content (AvgIpc) is 2.57. The fourth-order valence-electron chi connectivity index (χ4n) is 3.44. The lowest BCUT2D eigenvalue weighted by atomic mass is 9.89. The van der Waals surface area contributed by atoms with Crippen LogP contribution in [0.2, 0.25) is 5.82 Å². The maximum Gasteiger partial charge on any atom is 0.133 e. The summed E-state index contributed by atoms with van der Waals surface area (Å²) in [5.74, 6) is 1.08. The van der Waals surface area contributed by atoms with Gasteiger partial charge in [0.25, 0.3) is 0 Å². The van der Waals surface area contributed by atoms with Crippen LogP contribution in [0.25, 0.3) is 0 Å². The summed E-state index contributed by atoms with van der Waals surface area (Å²) >= 11 is 0. The summed E-state index contributed by atoms with van der Waals surface area (Å²) in [5.41, 5.74) is -0.320. The van der Waals surface area contributed by atoms with Gasteiger partial charge in [-0.05, 0) is 5.82 Å². The minimum Gasteiger partial charge on any atom is -0.382 e. The number of methoxy groups -OCH3 is 2. The average molecular weight is 197 g/mol. The molecule has 3 aliphatic rings. The van der Waals surface area contributed by atoms with Crippen molar-refractivity contribution >= 4 is 7.85 Å². The Kier molecular flexibility index (Phi) is 1.65. The van der Waals surface area contributed by atoms with Crippen molar-refractivity contribution in [2.24, 2.45) is 5.92 Å². The Hall–Kier alpha value is -0.0951. The highest BCUT2D eigenvalue weighted by Crippen LogP contribution is 2.68. The molecule has 2 bridgehead atoms. The Labute approximate surface area is 84.7 Å². The van der Waals surface area contributed by atoms with Crippen molar-refractivity contribution in [3.05, 3.63) is 0 Å². The van der Waals surface area contributed by atoms with Gasteiger partial charge in [-0.25, -0.2) is 0 Å². The van der Waals surface area contributed by atoms with E-state index in [0.717, 1.165) is 6.54 Å². The number of hydrogen-bond acceptors (Lipinski definition) is 4. The number of nitrogens with one attached hydrogen (secondary N) is 1. The fraction of sp³-hybridized carbons (Fsp3) is 1.00. The first-order valence-corrected chi connectivity index (χ1v) is 5.17. The molecule has 3 fully saturated rings. The van der Waals surface area contributed by atoms with E-state index in [9.17, 15) is 0 Å². The lowest BCUT2D eigenvalue weighted by Gasteiger charge is -2.32. The van der Waals surface area contributed by atoms with Crippen molar-refractivity contribution in [1.82, 2.24) is 5.32 Å². The first-order chi connectivity index (χ1) is 6.70. The number of piperidine rings is 1. The highest BCUT2D eigenvalue weighted by atomic mass is 16.6. The number of hydrogen-bond donors (Lipinski definition) is 1. The van der Waals surface area contributed by atoms with Crippen molar-refractivity contribution in [3.63, 3.8) is 0 Å². The van der Waals surface area contributed by atoms with E-state index >= 15 is 0 Å². The van der Waals surface area contributed by atoms with Crippen molar-refractivity contribution < 1.29 is 14.2 Å². The van der Waals surface area contributed by atoms with Crippen LogP contribution in [0.5, 0.6) is 0 Å². The van der Waals surface area contributed by atoms with Crippen LogP contribution in [-0.4, -0.2) is 52.6 Å². The molecule has 78 valence electrons. The quantitative estimate of drug-likeness (QED) is 0.575. The largest absolute Gasteiger partial charge is 0.382 e. The summed E-state index contributed by atoms with van der Waals surface area (Å²) in [6.45, 7) is 1.46. The molecule has 2 saturated heterocycles. The molecule has 5 heteroatoms. The molecule has 0 amide bonds. The monoisotopic (exact) mass is 197 g/mol. The fourth-order valence-corrected chi connectivity index (χ4v) is 3.44. The zero-order valence-corrected chi connectivity index (χ0v) is 8.87. The van der Waals surface area contributed by atoms with Gasteiger partial charge in [-0.1, -0.05) is 0 Å². The molecule has 0 aromatic carbocycles. The minimum atomic E-state index is -0.235. The van der Waals surface area contributed by atoms with E-state index in [4.69, 9.17) is 14.2 Å². The molecule has 2 aliphatic heterocycles. The molecule has 2 heterocycles. The topological polar surface area (TPSA) is 39.7 Å². The second kappa shape index (κ2) is 2.53. The summed E-state index contributed by atoms with van der Waals surface area (Å²) < 4.78 is 16.9. The zero-order chi connectivity index (χ0) is 9.97. The summed E-state index contributed by atoms with van der Waals surface area (Å²) in [4.78, 5) is 0. The van der Waals surface area contributed by atoms with Crippen LogP contribution >= 0.6 is 0 Å². The molecule has 4 nitrogen and oxygen atoms in total. The summed E-state index contributed by atoms with van der Waals surface area (Å²) in [5, 5.41) is 3.46. The number of fused-ring (bicyclic) bond motifs is 1. The lowest BCUT2D eigenvalue weighted by Crippen LogP contribution is -2.51. The zero-order valence-electron chi connectivity index (χ0n) is 8.87. The van der Waals surface area contributed by atoms with Crippen LogP contribution in [0.15, 0.2) is 0 Å². The minimum absolute atomic E-state index is 0.0841. The highest BCUT2D eigenvalue weighted by molar-refractivity contribution is 6.15. The molecule has 1 aliphatic carbocycles. The Morgan fingerprint density at radius 3 is 3.00 bits per heavy atom. The predicted octanol–water partition coefficient (Wildman–Crippen LogP) is -1.23. The molecular formula is C9H16BNO3. The van der Waals surface area contributed by atoms with E-state index in [1.54, 1.807) is 14.2 Å². The molecule has 0 radical (unpaired) electrons. The molecular weight excluding hydrogens is 181 g/mol. The van der Waals surface area contributed by atoms with Gasteiger partial charge < -0.3 is 14.2 Å². The van der Waals surface area contributed by atoms with Gasteiger partial charge in [0.05, 0.1) is 12.7 Å². The van der Waals surface area contributed by atoms with E-state index < -0.39 is 0 Å². The van der Waals surface area contributed by atoms with Gasteiger partial charge in [-0.2, -0.15) is 0 Å². The smallest absolute Gasteiger partial charge is 0.133 e. The predicted molar refractivity (Wildman–Crippen MR) is 53.0 cm³/mol. The van der Waals surface area contributed by atoms with Gasteiger partial charge in [0.1, 0.15) is 19.2 Å². The Bertz CT molecular complexity index is 277.